The van der Waals surface area contributed by atoms with Gasteiger partial charge in [0.15, 0.2) is 0 Å². The number of phenols is 1. The zero-order valence-electron chi connectivity index (χ0n) is 15.5. The molecule has 2 N–H and O–H groups in total. The molecule has 0 fully saturated rings. The normalized spacial score (nSPS) is 11.0. The number of phenolic OH excluding ortho intramolecular Hbond substituents is 1. The smallest absolute Gasteiger partial charge is 0.138 e. The minimum Gasteiger partial charge on any atom is -0.507 e. The molecular formula is C22H26N2O. The number of nitrogens with zero attached hydrogens (tertiary/aromatic N) is 1. The maximum Gasteiger partial charge on any atom is 0.138 e. The lowest BCUT2D eigenvalue weighted by Gasteiger charge is -2.06. The van der Waals surface area contributed by atoms with E-state index in [1.165, 1.54) is 11.1 Å². The molecule has 3 aromatic rings. The number of benzene rings is 2. The van der Waals surface area contributed by atoms with Gasteiger partial charge in [0, 0.05) is 5.56 Å². The number of hydrogen-bond donors (Lipinski definition) is 2. The minimum atomic E-state index is 0.361. The predicted molar refractivity (Wildman–Crippen MR) is 104 cm³/mol. The largest absolute Gasteiger partial charge is 0.507 e. The predicted octanol–water partition coefficient (Wildman–Crippen LogP) is 5.72. The quantitative estimate of drug-likeness (QED) is 0.627. The number of hydrogen-bond acceptors (Lipinski definition) is 2. The van der Waals surface area contributed by atoms with Crippen LogP contribution < -0.4 is 0 Å². The third-order valence-corrected chi connectivity index (χ3v) is 4.65. The Bertz CT molecular complexity index is 853. The van der Waals surface area contributed by atoms with E-state index < -0.39 is 0 Å². The highest BCUT2D eigenvalue weighted by Crippen LogP contribution is 2.31. The van der Waals surface area contributed by atoms with E-state index in [0.29, 0.717) is 5.75 Å². The number of nitrogens with one attached hydrogen (secondary N) is 1. The fourth-order valence-electron chi connectivity index (χ4n) is 3.12. The average molecular weight is 334 g/mol. The Kier molecular flexibility index (Phi) is 4.93. The Morgan fingerprint density at radius 2 is 1.60 bits per heavy atom. The van der Waals surface area contributed by atoms with E-state index in [1.54, 1.807) is 0 Å². The second-order valence-electron chi connectivity index (χ2n) is 6.84. The van der Waals surface area contributed by atoms with Crippen molar-refractivity contribution in [2.24, 2.45) is 0 Å². The molecule has 130 valence electrons. The molecule has 0 saturated carbocycles. The van der Waals surface area contributed by atoms with E-state index in [-0.39, 0.29) is 0 Å². The minimum absolute atomic E-state index is 0.361. The maximum atomic E-state index is 10.0. The van der Waals surface area contributed by atoms with Crippen molar-refractivity contribution in [3.05, 3.63) is 58.8 Å². The zero-order chi connectivity index (χ0) is 18.0. The number of aromatic hydroxyl groups is 1. The molecule has 25 heavy (non-hydrogen) atoms. The van der Waals surface area contributed by atoms with Crippen molar-refractivity contribution < 1.29 is 5.11 Å². The van der Waals surface area contributed by atoms with Gasteiger partial charge < -0.3 is 10.1 Å². The topological polar surface area (TPSA) is 48.9 Å². The summed E-state index contributed by atoms with van der Waals surface area (Å²) >= 11 is 0. The molecule has 1 aromatic heterocycles. The lowest BCUT2D eigenvalue weighted by atomic mass is 10.1. The summed E-state index contributed by atoms with van der Waals surface area (Å²) in [6.07, 6.45) is 3.23. The summed E-state index contributed by atoms with van der Waals surface area (Å²) in [6.45, 7) is 8.15. The standard InChI is InChI=1S/C22H26N2O/c1-5-6-7-19-20(17-10-8-14(2)9-11-17)24-22(23-19)18-12-15(3)21(25)16(4)13-18/h8-13,25H,5-7H2,1-4H3,(H,23,24). The molecule has 0 aliphatic carbocycles. The molecule has 2 aromatic carbocycles. The molecule has 0 aliphatic rings. The fourth-order valence-corrected chi connectivity index (χ4v) is 3.12. The lowest BCUT2D eigenvalue weighted by Crippen LogP contribution is -1.89. The van der Waals surface area contributed by atoms with Crippen molar-refractivity contribution in [1.29, 1.82) is 0 Å². The van der Waals surface area contributed by atoms with Gasteiger partial charge in [0.25, 0.3) is 0 Å². The van der Waals surface area contributed by atoms with Crippen LogP contribution in [0.3, 0.4) is 0 Å². The van der Waals surface area contributed by atoms with Gasteiger partial charge in [0.1, 0.15) is 11.6 Å². The molecule has 0 unspecified atom stereocenters. The second kappa shape index (κ2) is 7.14. The highest BCUT2D eigenvalue weighted by molar-refractivity contribution is 5.69. The van der Waals surface area contributed by atoms with Gasteiger partial charge in [-0.1, -0.05) is 43.2 Å². The van der Waals surface area contributed by atoms with Crippen LogP contribution in [0, 0.1) is 20.8 Å². The van der Waals surface area contributed by atoms with Crippen molar-refractivity contribution in [2.75, 3.05) is 0 Å². The molecule has 3 rings (SSSR count). The van der Waals surface area contributed by atoms with Crippen LogP contribution in [0.4, 0.5) is 0 Å². The van der Waals surface area contributed by atoms with Gasteiger partial charge in [-0.2, -0.15) is 0 Å². The van der Waals surface area contributed by atoms with Crippen LogP contribution in [-0.4, -0.2) is 15.1 Å². The van der Waals surface area contributed by atoms with E-state index in [1.807, 2.05) is 26.0 Å². The van der Waals surface area contributed by atoms with Crippen molar-refractivity contribution in [3.8, 4) is 28.4 Å². The highest BCUT2D eigenvalue weighted by atomic mass is 16.3. The van der Waals surface area contributed by atoms with Crippen LogP contribution in [0.1, 0.15) is 42.1 Å². The van der Waals surface area contributed by atoms with Gasteiger partial charge in [0.2, 0.25) is 0 Å². The molecule has 0 bridgehead atoms. The first-order valence-corrected chi connectivity index (χ1v) is 8.96. The molecule has 0 atom stereocenters. The third-order valence-electron chi connectivity index (χ3n) is 4.65. The van der Waals surface area contributed by atoms with E-state index in [2.05, 4.69) is 43.1 Å². The SMILES string of the molecule is CCCCc1nc(-c2cc(C)c(O)c(C)c2)[nH]c1-c1ccc(C)cc1. The Balaban J connectivity index is 2.08. The average Bonchev–Trinajstić information content (AvgIpc) is 3.02. The van der Waals surface area contributed by atoms with E-state index in [9.17, 15) is 5.11 Å². The summed E-state index contributed by atoms with van der Waals surface area (Å²) in [7, 11) is 0. The monoisotopic (exact) mass is 334 g/mol. The summed E-state index contributed by atoms with van der Waals surface area (Å²) in [5.41, 5.74) is 7.41. The zero-order valence-corrected chi connectivity index (χ0v) is 15.5. The Morgan fingerprint density at radius 3 is 2.20 bits per heavy atom. The summed E-state index contributed by atoms with van der Waals surface area (Å²) in [5.74, 6) is 1.23. The third kappa shape index (κ3) is 3.60. The molecule has 0 radical (unpaired) electrons. The number of aromatic nitrogens is 2. The Morgan fingerprint density at radius 1 is 0.960 bits per heavy atom. The lowest BCUT2D eigenvalue weighted by molar-refractivity contribution is 0.467. The molecule has 3 nitrogen and oxygen atoms in total. The number of aromatic amines is 1. The number of aryl methyl sites for hydroxylation is 4. The van der Waals surface area contributed by atoms with Gasteiger partial charge in [0.05, 0.1) is 11.4 Å². The summed E-state index contributed by atoms with van der Waals surface area (Å²) in [6, 6.07) is 12.5. The molecule has 3 heteroatoms. The van der Waals surface area contributed by atoms with Crippen molar-refractivity contribution >= 4 is 0 Å². The van der Waals surface area contributed by atoms with E-state index in [4.69, 9.17) is 4.98 Å². The van der Waals surface area contributed by atoms with Gasteiger partial charge in [-0.05, 0) is 62.4 Å². The molecule has 0 amide bonds. The van der Waals surface area contributed by atoms with Gasteiger partial charge in [-0.3, -0.25) is 0 Å². The number of H-pyrrole nitrogens is 1. The van der Waals surface area contributed by atoms with Crippen LogP contribution in [0.15, 0.2) is 36.4 Å². The molecule has 0 spiro atoms. The van der Waals surface area contributed by atoms with Gasteiger partial charge >= 0.3 is 0 Å². The first-order valence-electron chi connectivity index (χ1n) is 8.96. The molecule has 1 heterocycles. The van der Waals surface area contributed by atoms with Crippen molar-refractivity contribution in [2.45, 2.75) is 47.0 Å². The van der Waals surface area contributed by atoms with Crippen LogP contribution in [0.25, 0.3) is 22.6 Å². The Hall–Kier alpha value is -2.55. The van der Waals surface area contributed by atoms with Crippen LogP contribution in [-0.2, 0) is 6.42 Å². The molecular weight excluding hydrogens is 308 g/mol. The first-order chi connectivity index (χ1) is 12.0. The molecule has 0 aliphatic heterocycles. The number of unbranched alkanes of at least 4 members (excludes halogenated alkanes) is 1. The Labute approximate surface area is 149 Å². The summed E-state index contributed by atoms with van der Waals surface area (Å²) in [5, 5.41) is 10.0. The van der Waals surface area contributed by atoms with Crippen LogP contribution >= 0.6 is 0 Å². The molecule has 0 saturated heterocycles. The second-order valence-corrected chi connectivity index (χ2v) is 6.84. The summed E-state index contributed by atoms with van der Waals surface area (Å²) < 4.78 is 0. The summed E-state index contributed by atoms with van der Waals surface area (Å²) in [4.78, 5) is 8.42. The van der Waals surface area contributed by atoms with Crippen molar-refractivity contribution in [1.82, 2.24) is 9.97 Å². The van der Waals surface area contributed by atoms with E-state index >= 15 is 0 Å². The maximum absolute atomic E-state index is 10.0. The first kappa shape index (κ1) is 17.3. The van der Waals surface area contributed by atoms with Crippen LogP contribution in [0.2, 0.25) is 0 Å². The highest BCUT2D eigenvalue weighted by Gasteiger charge is 2.14. The van der Waals surface area contributed by atoms with Crippen LogP contribution in [0.5, 0.6) is 5.75 Å². The van der Waals surface area contributed by atoms with Crippen molar-refractivity contribution in [3.63, 3.8) is 0 Å². The van der Waals surface area contributed by atoms with Gasteiger partial charge in [-0.15, -0.1) is 0 Å². The fraction of sp³-hybridized carbons (Fsp3) is 0.318. The number of rotatable bonds is 5. The van der Waals surface area contributed by atoms with Gasteiger partial charge in [-0.25, -0.2) is 4.98 Å². The number of imidazole rings is 1. The van der Waals surface area contributed by atoms with E-state index in [0.717, 1.165) is 53.2 Å².